The maximum absolute atomic E-state index is 12.2. The zero-order chi connectivity index (χ0) is 14.4. The van der Waals surface area contributed by atoms with Gasteiger partial charge in [0.25, 0.3) is 0 Å². The van der Waals surface area contributed by atoms with E-state index in [1.807, 2.05) is 12.1 Å². The minimum absolute atomic E-state index is 0.0221. The second kappa shape index (κ2) is 6.99. The Morgan fingerprint density at radius 1 is 1.32 bits per heavy atom. The first-order chi connectivity index (χ1) is 9.04. The van der Waals surface area contributed by atoms with Crippen LogP contribution in [0.3, 0.4) is 0 Å². The molecule has 5 heteroatoms. The zero-order valence-corrected chi connectivity index (χ0v) is 12.0. The first-order valence-electron chi connectivity index (χ1n) is 6.18. The minimum atomic E-state index is -0.291. The Kier molecular flexibility index (Phi) is 5.63. The third kappa shape index (κ3) is 3.61. The third-order valence-corrected chi connectivity index (χ3v) is 3.01. The molecule has 1 amide bonds. The molecule has 1 aromatic rings. The molecule has 0 aromatic heterocycles. The molecule has 1 aromatic carbocycles. The summed E-state index contributed by atoms with van der Waals surface area (Å²) in [7, 11) is 6.65. The van der Waals surface area contributed by atoms with Crippen molar-refractivity contribution in [3.8, 4) is 11.5 Å². The van der Waals surface area contributed by atoms with Crippen LogP contribution in [-0.2, 0) is 4.79 Å². The first kappa shape index (κ1) is 15.3. The Balaban J connectivity index is 3.18. The van der Waals surface area contributed by atoms with E-state index in [1.165, 1.54) is 0 Å². The highest BCUT2D eigenvalue weighted by molar-refractivity contribution is 5.84. The van der Waals surface area contributed by atoms with Crippen molar-refractivity contribution >= 4 is 5.91 Å². The van der Waals surface area contributed by atoms with Gasteiger partial charge in [-0.25, -0.2) is 0 Å². The van der Waals surface area contributed by atoms with Gasteiger partial charge in [0.1, 0.15) is 11.5 Å². The van der Waals surface area contributed by atoms with E-state index in [9.17, 15) is 4.79 Å². The molecule has 19 heavy (non-hydrogen) atoms. The normalized spacial score (nSPS) is 11.8. The van der Waals surface area contributed by atoms with Crippen LogP contribution in [0.25, 0.3) is 0 Å². The van der Waals surface area contributed by atoms with Crippen LogP contribution < -0.4 is 15.2 Å². The van der Waals surface area contributed by atoms with Crippen LogP contribution in [0.15, 0.2) is 18.2 Å². The molecule has 0 spiro atoms. The summed E-state index contributed by atoms with van der Waals surface area (Å²) < 4.78 is 10.5. The van der Waals surface area contributed by atoms with Crippen molar-refractivity contribution in [1.82, 2.24) is 4.90 Å². The first-order valence-corrected chi connectivity index (χ1v) is 6.18. The summed E-state index contributed by atoms with van der Waals surface area (Å²) in [6.07, 6.45) is 0.583. The number of hydrogen-bond acceptors (Lipinski definition) is 4. The highest BCUT2D eigenvalue weighted by atomic mass is 16.5. The van der Waals surface area contributed by atoms with Gasteiger partial charge in [-0.3, -0.25) is 4.79 Å². The van der Waals surface area contributed by atoms with Crippen molar-refractivity contribution in [2.45, 2.75) is 12.3 Å². The predicted molar refractivity (Wildman–Crippen MR) is 74.7 cm³/mol. The molecule has 0 bridgehead atoms. The SMILES string of the molecule is COc1ccc(C(CCN)C(=O)N(C)C)c(OC)c1. The lowest BCUT2D eigenvalue weighted by molar-refractivity contribution is -0.130. The number of carbonyl (C=O) groups is 1. The molecular weight excluding hydrogens is 244 g/mol. The van der Waals surface area contributed by atoms with Gasteiger partial charge < -0.3 is 20.1 Å². The van der Waals surface area contributed by atoms with Gasteiger partial charge >= 0.3 is 0 Å². The van der Waals surface area contributed by atoms with Crippen molar-refractivity contribution < 1.29 is 14.3 Å². The van der Waals surface area contributed by atoms with Gasteiger partial charge in [0.2, 0.25) is 5.91 Å². The number of methoxy groups -OCH3 is 2. The molecule has 0 saturated heterocycles. The lowest BCUT2D eigenvalue weighted by Gasteiger charge is -2.22. The van der Waals surface area contributed by atoms with Crippen LogP contribution >= 0.6 is 0 Å². The number of likely N-dealkylation sites (N-methyl/N-ethyl adjacent to an activating group) is 1. The molecule has 0 heterocycles. The number of rotatable bonds is 6. The van der Waals surface area contributed by atoms with Crippen LogP contribution in [0, 0.1) is 0 Å². The smallest absolute Gasteiger partial charge is 0.229 e. The Bertz CT molecular complexity index is 433. The van der Waals surface area contributed by atoms with E-state index >= 15 is 0 Å². The largest absolute Gasteiger partial charge is 0.497 e. The van der Waals surface area contributed by atoms with E-state index in [4.69, 9.17) is 15.2 Å². The van der Waals surface area contributed by atoms with Crippen molar-refractivity contribution in [3.63, 3.8) is 0 Å². The molecule has 0 aliphatic rings. The number of hydrogen-bond donors (Lipinski definition) is 1. The Labute approximate surface area is 114 Å². The van der Waals surface area contributed by atoms with Crippen LogP contribution in [-0.4, -0.2) is 45.7 Å². The Morgan fingerprint density at radius 3 is 2.47 bits per heavy atom. The molecule has 1 rings (SSSR count). The second-order valence-electron chi connectivity index (χ2n) is 4.47. The molecule has 0 radical (unpaired) electrons. The lowest BCUT2D eigenvalue weighted by atomic mass is 9.93. The van der Waals surface area contributed by atoms with E-state index in [0.29, 0.717) is 24.5 Å². The Morgan fingerprint density at radius 2 is 2.00 bits per heavy atom. The number of carbonyl (C=O) groups excluding carboxylic acids is 1. The summed E-state index contributed by atoms with van der Waals surface area (Å²) in [5.41, 5.74) is 6.46. The maximum atomic E-state index is 12.2. The van der Waals surface area contributed by atoms with Gasteiger partial charge in [0.05, 0.1) is 20.1 Å². The molecular formula is C14H22N2O3. The third-order valence-electron chi connectivity index (χ3n) is 3.01. The number of amides is 1. The van der Waals surface area contributed by atoms with Crippen LogP contribution in [0.1, 0.15) is 17.9 Å². The molecule has 5 nitrogen and oxygen atoms in total. The van der Waals surface area contributed by atoms with Gasteiger partial charge in [-0.05, 0) is 19.0 Å². The fourth-order valence-corrected chi connectivity index (χ4v) is 2.00. The van der Waals surface area contributed by atoms with Crippen molar-refractivity contribution in [1.29, 1.82) is 0 Å². The monoisotopic (exact) mass is 266 g/mol. The molecule has 0 aliphatic carbocycles. The van der Waals surface area contributed by atoms with E-state index in [2.05, 4.69) is 0 Å². The summed E-state index contributed by atoms with van der Waals surface area (Å²) >= 11 is 0. The molecule has 1 atom stereocenters. The average molecular weight is 266 g/mol. The fourth-order valence-electron chi connectivity index (χ4n) is 2.00. The summed E-state index contributed by atoms with van der Waals surface area (Å²) in [5.74, 6) is 1.08. The van der Waals surface area contributed by atoms with Gasteiger partial charge in [0, 0.05) is 25.7 Å². The highest BCUT2D eigenvalue weighted by Crippen LogP contribution is 2.33. The van der Waals surface area contributed by atoms with E-state index in [0.717, 1.165) is 5.56 Å². The second-order valence-corrected chi connectivity index (χ2v) is 4.47. The standard InChI is InChI=1S/C14H22N2O3/c1-16(2)14(17)12(7-8-15)11-6-5-10(18-3)9-13(11)19-4/h5-6,9,12H,7-8,15H2,1-4H3. The molecule has 106 valence electrons. The predicted octanol–water partition coefficient (Wildman–Crippen LogP) is 1.22. The minimum Gasteiger partial charge on any atom is -0.497 e. The number of ether oxygens (including phenoxy) is 2. The average Bonchev–Trinajstić information content (AvgIpc) is 2.43. The summed E-state index contributed by atoms with van der Waals surface area (Å²) in [6.45, 7) is 0.444. The molecule has 0 aliphatic heterocycles. The highest BCUT2D eigenvalue weighted by Gasteiger charge is 2.24. The van der Waals surface area contributed by atoms with Gasteiger partial charge in [0.15, 0.2) is 0 Å². The Hall–Kier alpha value is -1.75. The summed E-state index contributed by atoms with van der Waals surface area (Å²) in [4.78, 5) is 13.8. The lowest BCUT2D eigenvalue weighted by Crippen LogP contribution is -2.29. The van der Waals surface area contributed by atoms with E-state index in [-0.39, 0.29) is 11.8 Å². The molecule has 0 saturated carbocycles. The maximum Gasteiger partial charge on any atom is 0.229 e. The van der Waals surface area contributed by atoms with Gasteiger partial charge in [-0.15, -0.1) is 0 Å². The molecule has 1 unspecified atom stereocenters. The van der Waals surface area contributed by atoms with Crippen molar-refractivity contribution in [2.75, 3.05) is 34.9 Å². The number of nitrogens with zero attached hydrogens (tertiary/aromatic N) is 1. The van der Waals surface area contributed by atoms with Crippen LogP contribution in [0.5, 0.6) is 11.5 Å². The number of nitrogens with two attached hydrogens (primary N) is 1. The van der Waals surface area contributed by atoms with Crippen LogP contribution in [0.2, 0.25) is 0 Å². The summed E-state index contributed by atoms with van der Waals surface area (Å²) in [5, 5.41) is 0. The quantitative estimate of drug-likeness (QED) is 0.841. The fraction of sp³-hybridized carbons (Fsp3) is 0.500. The van der Waals surface area contributed by atoms with Gasteiger partial charge in [-0.1, -0.05) is 6.07 Å². The number of benzene rings is 1. The van der Waals surface area contributed by atoms with Gasteiger partial charge in [-0.2, -0.15) is 0 Å². The molecule has 0 fully saturated rings. The van der Waals surface area contributed by atoms with E-state index < -0.39 is 0 Å². The summed E-state index contributed by atoms with van der Waals surface area (Å²) in [6, 6.07) is 5.46. The van der Waals surface area contributed by atoms with Crippen LogP contribution in [0.4, 0.5) is 0 Å². The molecule has 2 N–H and O–H groups in total. The van der Waals surface area contributed by atoms with Crippen molar-refractivity contribution in [2.24, 2.45) is 5.73 Å². The topological polar surface area (TPSA) is 64.8 Å². The van der Waals surface area contributed by atoms with Crippen molar-refractivity contribution in [3.05, 3.63) is 23.8 Å². The zero-order valence-electron chi connectivity index (χ0n) is 12.0. The van der Waals surface area contributed by atoms with E-state index in [1.54, 1.807) is 39.3 Å².